The number of benzene rings is 1. The number of ether oxygens (including phenoxy) is 1. The third-order valence-electron chi connectivity index (χ3n) is 3.75. The fourth-order valence-electron chi connectivity index (χ4n) is 2.72. The van der Waals surface area contributed by atoms with Crippen LogP contribution in [0.25, 0.3) is 0 Å². The van der Waals surface area contributed by atoms with E-state index in [1.807, 2.05) is 0 Å². The van der Waals surface area contributed by atoms with E-state index in [0.717, 1.165) is 19.4 Å². The van der Waals surface area contributed by atoms with Gasteiger partial charge in [-0.1, -0.05) is 6.92 Å². The molecule has 2 atom stereocenters. The van der Waals surface area contributed by atoms with E-state index in [2.05, 4.69) is 18.7 Å². The summed E-state index contributed by atoms with van der Waals surface area (Å²) in [5, 5.41) is 0. The van der Waals surface area contributed by atoms with Crippen molar-refractivity contribution in [1.29, 1.82) is 0 Å². The van der Waals surface area contributed by atoms with Crippen molar-refractivity contribution in [3.63, 3.8) is 0 Å². The number of nitrogens with zero attached hydrogens (tertiary/aromatic N) is 1. The van der Waals surface area contributed by atoms with E-state index >= 15 is 0 Å². The number of rotatable bonds is 2. The first-order valence-electron chi connectivity index (χ1n) is 6.42. The molecule has 0 amide bonds. The van der Waals surface area contributed by atoms with Crippen LogP contribution in [0.1, 0.15) is 26.7 Å². The average molecular weight is 252 g/mol. The van der Waals surface area contributed by atoms with Gasteiger partial charge in [0.1, 0.15) is 11.6 Å². The summed E-state index contributed by atoms with van der Waals surface area (Å²) in [4.78, 5) is 2.11. The lowest BCUT2D eigenvalue weighted by atomic mass is 9.93. The first kappa shape index (κ1) is 13.0. The van der Waals surface area contributed by atoms with E-state index in [0.29, 0.717) is 29.1 Å². The van der Waals surface area contributed by atoms with Gasteiger partial charge in [-0.2, -0.15) is 0 Å². The molecule has 1 saturated heterocycles. The Bertz CT molecular complexity index is 436. The minimum absolute atomic E-state index is 0.269. The van der Waals surface area contributed by atoms with Crippen molar-refractivity contribution in [3.05, 3.63) is 17.9 Å². The number of nitrogen functional groups attached to an aromatic ring is 1. The van der Waals surface area contributed by atoms with Crippen molar-refractivity contribution < 1.29 is 9.13 Å². The average Bonchev–Trinajstić information content (AvgIpc) is 2.30. The van der Waals surface area contributed by atoms with Crippen molar-refractivity contribution >= 4 is 11.4 Å². The molecule has 100 valence electrons. The molecule has 2 rings (SSSR count). The topological polar surface area (TPSA) is 38.5 Å². The van der Waals surface area contributed by atoms with Gasteiger partial charge in [0.25, 0.3) is 0 Å². The SMILES string of the molecule is COc1cc(N2CCC(C)CC2C)c(F)cc1N. The second kappa shape index (κ2) is 5.04. The molecule has 18 heavy (non-hydrogen) atoms. The second-order valence-corrected chi connectivity index (χ2v) is 5.22. The third kappa shape index (κ3) is 2.37. The summed E-state index contributed by atoms with van der Waals surface area (Å²) < 4.78 is 19.2. The molecule has 2 N–H and O–H groups in total. The summed E-state index contributed by atoms with van der Waals surface area (Å²) in [6, 6.07) is 3.40. The number of methoxy groups -OCH3 is 1. The molecule has 1 aliphatic rings. The zero-order valence-corrected chi connectivity index (χ0v) is 11.2. The van der Waals surface area contributed by atoms with E-state index in [1.54, 1.807) is 13.2 Å². The van der Waals surface area contributed by atoms with Gasteiger partial charge in [0.05, 0.1) is 18.5 Å². The number of nitrogens with two attached hydrogens (primary N) is 1. The second-order valence-electron chi connectivity index (χ2n) is 5.22. The molecule has 0 radical (unpaired) electrons. The molecule has 1 fully saturated rings. The predicted molar refractivity (Wildman–Crippen MR) is 72.6 cm³/mol. The minimum Gasteiger partial charge on any atom is -0.495 e. The zero-order chi connectivity index (χ0) is 13.3. The Morgan fingerprint density at radius 2 is 2.11 bits per heavy atom. The van der Waals surface area contributed by atoms with Gasteiger partial charge in [-0.15, -0.1) is 0 Å². The van der Waals surface area contributed by atoms with Gasteiger partial charge in [-0.25, -0.2) is 4.39 Å². The smallest absolute Gasteiger partial charge is 0.148 e. The van der Waals surface area contributed by atoms with Gasteiger partial charge in [-0.05, 0) is 25.7 Å². The van der Waals surface area contributed by atoms with Gasteiger partial charge in [0.15, 0.2) is 0 Å². The molecule has 0 saturated carbocycles. The van der Waals surface area contributed by atoms with E-state index in [4.69, 9.17) is 10.5 Å². The molecular weight excluding hydrogens is 231 g/mol. The van der Waals surface area contributed by atoms with Gasteiger partial charge in [0, 0.05) is 24.7 Å². The molecule has 0 bridgehead atoms. The first-order valence-corrected chi connectivity index (χ1v) is 6.42. The summed E-state index contributed by atoms with van der Waals surface area (Å²) in [6.07, 6.45) is 2.18. The summed E-state index contributed by atoms with van der Waals surface area (Å²) in [5.74, 6) is 0.974. The first-order chi connectivity index (χ1) is 8.52. The Hall–Kier alpha value is -1.45. The lowest BCUT2D eigenvalue weighted by Crippen LogP contribution is -2.40. The number of hydrogen-bond acceptors (Lipinski definition) is 3. The molecule has 1 aliphatic heterocycles. The summed E-state index contributed by atoms with van der Waals surface area (Å²) in [6.45, 7) is 5.26. The number of halogens is 1. The van der Waals surface area contributed by atoms with Crippen LogP contribution >= 0.6 is 0 Å². The highest BCUT2D eigenvalue weighted by Gasteiger charge is 2.25. The monoisotopic (exact) mass is 252 g/mol. The van der Waals surface area contributed by atoms with E-state index < -0.39 is 0 Å². The van der Waals surface area contributed by atoms with Crippen LogP contribution < -0.4 is 15.4 Å². The van der Waals surface area contributed by atoms with Crippen LogP contribution in [0.4, 0.5) is 15.8 Å². The van der Waals surface area contributed by atoms with Crippen LogP contribution in [0.15, 0.2) is 12.1 Å². The standard InChI is InChI=1S/C14H21FN2O/c1-9-4-5-17(10(2)6-9)13-8-14(18-3)12(16)7-11(13)15/h7-10H,4-6,16H2,1-3H3. The Labute approximate surface area is 108 Å². The maximum Gasteiger partial charge on any atom is 0.148 e. The van der Waals surface area contributed by atoms with Crippen molar-refractivity contribution in [2.24, 2.45) is 5.92 Å². The van der Waals surface area contributed by atoms with Crippen LogP contribution in [-0.4, -0.2) is 19.7 Å². The lowest BCUT2D eigenvalue weighted by molar-refractivity contribution is 0.373. The van der Waals surface area contributed by atoms with Crippen LogP contribution in [-0.2, 0) is 0 Å². The number of anilines is 2. The highest BCUT2D eigenvalue weighted by Crippen LogP contribution is 2.34. The number of piperidine rings is 1. The lowest BCUT2D eigenvalue weighted by Gasteiger charge is -2.38. The fourth-order valence-corrected chi connectivity index (χ4v) is 2.72. The third-order valence-corrected chi connectivity index (χ3v) is 3.75. The van der Waals surface area contributed by atoms with Crippen molar-refractivity contribution in [1.82, 2.24) is 0 Å². The van der Waals surface area contributed by atoms with Crippen molar-refractivity contribution in [3.8, 4) is 5.75 Å². The molecule has 3 nitrogen and oxygen atoms in total. The van der Waals surface area contributed by atoms with E-state index in [1.165, 1.54) is 6.07 Å². The summed E-state index contributed by atoms with van der Waals surface area (Å²) in [5.41, 5.74) is 6.65. The van der Waals surface area contributed by atoms with Gasteiger partial charge < -0.3 is 15.4 Å². The van der Waals surface area contributed by atoms with Crippen LogP contribution in [0.3, 0.4) is 0 Å². The molecule has 0 spiro atoms. The molecule has 0 aromatic heterocycles. The summed E-state index contributed by atoms with van der Waals surface area (Å²) >= 11 is 0. The molecule has 2 unspecified atom stereocenters. The Kier molecular flexibility index (Phi) is 3.64. The van der Waals surface area contributed by atoms with Gasteiger partial charge in [0.2, 0.25) is 0 Å². The molecule has 1 aromatic carbocycles. The normalized spacial score (nSPS) is 24.1. The molecule has 1 aromatic rings. The fraction of sp³-hybridized carbons (Fsp3) is 0.571. The van der Waals surface area contributed by atoms with Crippen LogP contribution in [0, 0.1) is 11.7 Å². The Balaban J connectivity index is 2.32. The highest BCUT2D eigenvalue weighted by atomic mass is 19.1. The number of hydrogen-bond donors (Lipinski definition) is 1. The van der Waals surface area contributed by atoms with Crippen LogP contribution in [0.2, 0.25) is 0 Å². The van der Waals surface area contributed by atoms with E-state index in [9.17, 15) is 4.39 Å². The van der Waals surface area contributed by atoms with Gasteiger partial charge in [-0.3, -0.25) is 0 Å². The maximum absolute atomic E-state index is 14.0. The molecule has 0 aliphatic carbocycles. The van der Waals surface area contributed by atoms with E-state index in [-0.39, 0.29) is 5.82 Å². The Morgan fingerprint density at radius 1 is 1.39 bits per heavy atom. The molecule has 1 heterocycles. The Morgan fingerprint density at radius 3 is 2.72 bits per heavy atom. The highest BCUT2D eigenvalue weighted by molar-refractivity contribution is 5.63. The maximum atomic E-state index is 14.0. The molecule has 4 heteroatoms. The van der Waals surface area contributed by atoms with Crippen molar-refractivity contribution in [2.45, 2.75) is 32.7 Å². The minimum atomic E-state index is -0.269. The zero-order valence-electron chi connectivity index (χ0n) is 11.2. The largest absolute Gasteiger partial charge is 0.495 e. The quantitative estimate of drug-likeness (QED) is 0.822. The van der Waals surface area contributed by atoms with Gasteiger partial charge >= 0.3 is 0 Å². The predicted octanol–water partition coefficient (Wildman–Crippen LogP) is 3.04. The molecular formula is C14H21FN2O. The van der Waals surface area contributed by atoms with Crippen LogP contribution in [0.5, 0.6) is 5.75 Å². The summed E-state index contributed by atoms with van der Waals surface area (Å²) in [7, 11) is 1.55. The van der Waals surface area contributed by atoms with Crippen molar-refractivity contribution in [2.75, 3.05) is 24.3 Å².